The van der Waals surface area contributed by atoms with E-state index in [1.807, 2.05) is 16.0 Å². The molecule has 0 unspecified atom stereocenters. The SMILES string of the molecule is CN(CCS(C)(=O)=O)c1nc2sccn2c1CO. The maximum atomic E-state index is 11.1. The molecule has 0 atom stereocenters. The fraction of sp³-hybridized carbons (Fsp3) is 0.500. The molecule has 0 fully saturated rings. The zero-order valence-electron chi connectivity index (χ0n) is 10.2. The minimum Gasteiger partial charge on any atom is -0.390 e. The lowest BCUT2D eigenvalue weighted by atomic mass is 10.4. The lowest BCUT2D eigenvalue weighted by molar-refractivity contribution is 0.276. The van der Waals surface area contributed by atoms with Gasteiger partial charge in [0.2, 0.25) is 0 Å². The van der Waals surface area contributed by atoms with Gasteiger partial charge in [-0.25, -0.2) is 13.4 Å². The van der Waals surface area contributed by atoms with Crippen LogP contribution in [-0.4, -0.2) is 48.5 Å². The van der Waals surface area contributed by atoms with E-state index in [1.54, 1.807) is 11.9 Å². The van der Waals surface area contributed by atoms with Crippen molar-refractivity contribution < 1.29 is 13.5 Å². The summed E-state index contributed by atoms with van der Waals surface area (Å²) in [4.78, 5) is 6.94. The Hall–Kier alpha value is -1.12. The standard InChI is InChI=1S/C10H15N3O3S2/c1-12(4-6-18(2,15)16)9-8(7-14)13-3-5-17-10(13)11-9/h3,5,14H,4,6-7H2,1-2H3. The van der Waals surface area contributed by atoms with Gasteiger partial charge in [-0.05, 0) is 0 Å². The van der Waals surface area contributed by atoms with Gasteiger partial charge in [0.05, 0.1) is 18.1 Å². The fourth-order valence-corrected chi connectivity index (χ4v) is 3.02. The molecule has 0 bridgehead atoms. The number of aromatic nitrogens is 2. The van der Waals surface area contributed by atoms with E-state index in [4.69, 9.17) is 0 Å². The molecule has 0 saturated carbocycles. The Labute approximate surface area is 109 Å². The molecule has 0 spiro atoms. The van der Waals surface area contributed by atoms with Gasteiger partial charge in [-0.2, -0.15) is 0 Å². The van der Waals surface area contributed by atoms with Crippen LogP contribution in [0.1, 0.15) is 5.69 Å². The number of hydrogen-bond acceptors (Lipinski definition) is 6. The molecule has 2 rings (SSSR count). The Kier molecular flexibility index (Phi) is 3.60. The van der Waals surface area contributed by atoms with Crippen molar-refractivity contribution in [3.05, 3.63) is 17.3 Å². The molecule has 2 aromatic rings. The fourth-order valence-electron chi connectivity index (χ4n) is 1.68. The highest BCUT2D eigenvalue weighted by Gasteiger charge is 2.16. The van der Waals surface area contributed by atoms with Gasteiger partial charge in [-0.3, -0.25) is 4.40 Å². The molecule has 0 aromatic carbocycles. The van der Waals surface area contributed by atoms with Gasteiger partial charge in [-0.1, -0.05) is 0 Å². The van der Waals surface area contributed by atoms with Crippen LogP contribution >= 0.6 is 11.3 Å². The normalized spacial score (nSPS) is 12.2. The van der Waals surface area contributed by atoms with Crippen LogP contribution in [0.15, 0.2) is 11.6 Å². The molecular weight excluding hydrogens is 274 g/mol. The second kappa shape index (κ2) is 4.87. The van der Waals surface area contributed by atoms with Crippen molar-refractivity contribution in [1.82, 2.24) is 9.38 Å². The van der Waals surface area contributed by atoms with Crippen molar-refractivity contribution >= 4 is 32.0 Å². The van der Waals surface area contributed by atoms with E-state index < -0.39 is 9.84 Å². The van der Waals surface area contributed by atoms with Gasteiger partial charge in [0.15, 0.2) is 10.8 Å². The average Bonchev–Trinajstić information content (AvgIpc) is 2.83. The van der Waals surface area contributed by atoms with Crippen LogP contribution in [0.2, 0.25) is 0 Å². The number of aliphatic hydroxyl groups is 1. The van der Waals surface area contributed by atoms with Crippen LogP contribution in [-0.2, 0) is 16.4 Å². The predicted octanol–water partition coefficient (Wildman–Crippen LogP) is 0.369. The predicted molar refractivity (Wildman–Crippen MR) is 72.0 cm³/mol. The maximum Gasteiger partial charge on any atom is 0.195 e. The van der Waals surface area contributed by atoms with E-state index >= 15 is 0 Å². The number of aliphatic hydroxyl groups excluding tert-OH is 1. The highest BCUT2D eigenvalue weighted by molar-refractivity contribution is 7.90. The average molecular weight is 289 g/mol. The highest BCUT2D eigenvalue weighted by Crippen LogP contribution is 2.23. The number of anilines is 1. The Balaban J connectivity index is 2.26. The summed E-state index contributed by atoms with van der Waals surface area (Å²) in [5.74, 6) is 0.701. The van der Waals surface area contributed by atoms with Crippen molar-refractivity contribution in [2.45, 2.75) is 6.61 Å². The molecule has 0 aliphatic carbocycles. The van der Waals surface area contributed by atoms with Crippen molar-refractivity contribution in [2.75, 3.05) is 30.5 Å². The molecular formula is C10H15N3O3S2. The summed E-state index contributed by atoms with van der Waals surface area (Å²) in [5.41, 5.74) is 0.683. The summed E-state index contributed by atoms with van der Waals surface area (Å²) >= 11 is 1.47. The van der Waals surface area contributed by atoms with E-state index in [-0.39, 0.29) is 12.4 Å². The summed E-state index contributed by atoms with van der Waals surface area (Å²) in [6, 6.07) is 0. The first-order valence-electron chi connectivity index (χ1n) is 5.36. The third-order valence-electron chi connectivity index (χ3n) is 2.65. The zero-order valence-corrected chi connectivity index (χ0v) is 11.8. The number of thiazole rings is 1. The van der Waals surface area contributed by atoms with E-state index in [1.165, 1.54) is 17.6 Å². The van der Waals surface area contributed by atoms with E-state index in [2.05, 4.69) is 4.98 Å². The molecule has 0 saturated heterocycles. The minimum absolute atomic E-state index is 0.0690. The smallest absolute Gasteiger partial charge is 0.195 e. The van der Waals surface area contributed by atoms with Gasteiger partial charge < -0.3 is 10.0 Å². The van der Waals surface area contributed by atoms with Crippen LogP contribution in [0.3, 0.4) is 0 Å². The largest absolute Gasteiger partial charge is 0.390 e. The molecule has 0 aliphatic heterocycles. The summed E-state index contributed by atoms with van der Waals surface area (Å²) in [6.07, 6.45) is 3.05. The second-order valence-corrected chi connectivity index (χ2v) is 7.28. The topological polar surface area (TPSA) is 74.9 Å². The zero-order chi connectivity index (χ0) is 13.3. The molecule has 6 nitrogen and oxygen atoms in total. The van der Waals surface area contributed by atoms with Crippen LogP contribution in [0, 0.1) is 0 Å². The Morgan fingerprint density at radius 2 is 2.28 bits per heavy atom. The second-order valence-electron chi connectivity index (χ2n) is 4.15. The van der Waals surface area contributed by atoms with E-state index in [0.29, 0.717) is 18.1 Å². The van der Waals surface area contributed by atoms with Gasteiger partial charge in [0, 0.05) is 31.4 Å². The molecule has 1 N–H and O–H groups in total. The van der Waals surface area contributed by atoms with Crippen molar-refractivity contribution in [2.24, 2.45) is 0 Å². The Morgan fingerprint density at radius 3 is 2.89 bits per heavy atom. The van der Waals surface area contributed by atoms with Crippen LogP contribution < -0.4 is 4.90 Å². The monoisotopic (exact) mass is 289 g/mol. The lowest BCUT2D eigenvalue weighted by Gasteiger charge is -2.17. The van der Waals surface area contributed by atoms with Crippen LogP contribution in [0.5, 0.6) is 0 Å². The third kappa shape index (κ3) is 2.65. The Morgan fingerprint density at radius 1 is 1.56 bits per heavy atom. The summed E-state index contributed by atoms with van der Waals surface area (Å²) in [5, 5.41) is 11.3. The van der Waals surface area contributed by atoms with Crippen molar-refractivity contribution in [1.29, 1.82) is 0 Å². The number of rotatable bonds is 5. The van der Waals surface area contributed by atoms with Crippen molar-refractivity contribution in [3.8, 4) is 0 Å². The molecule has 8 heteroatoms. The number of imidazole rings is 1. The number of sulfone groups is 1. The number of nitrogens with zero attached hydrogens (tertiary/aromatic N) is 3. The summed E-state index contributed by atoms with van der Waals surface area (Å²) in [7, 11) is -1.23. The van der Waals surface area contributed by atoms with Gasteiger partial charge in [0.1, 0.15) is 9.84 Å². The summed E-state index contributed by atoms with van der Waals surface area (Å²) in [6.45, 7) is 0.229. The van der Waals surface area contributed by atoms with Crippen molar-refractivity contribution in [3.63, 3.8) is 0 Å². The lowest BCUT2D eigenvalue weighted by Crippen LogP contribution is -2.26. The van der Waals surface area contributed by atoms with Gasteiger partial charge >= 0.3 is 0 Å². The minimum atomic E-state index is -3.00. The van der Waals surface area contributed by atoms with E-state index in [9.17, 15) is 13.5 Å². The van der Waals surface area contributed by atoms with Crippen LogP contribution in [0.25, 0.3) is 4.96 Å². The van der Waals surface area contributed by atoms with Gasteiger partial charge in [0.25, 0.3) is 0 Å². The summed E-state index contributed by atoms with van der Waals surface area (Å²) < 4.78 is 24.1. The molecule has 0 aliphatic rings. The van der Waals surface area contributed by atoms with Crippen LogP contribution in [0.4, 0.5) is 5.82 Å². The van der Waals surface area contributed by atoms with Gasteiger partial charge in [-0.15, -0.1) is 11.3 Å². The van der Waals surface area contributed by atoms with E-state index in [0.717, 1.165) is 4.96 Å². The first-order valence-corrected chi connectivity index (χ1v) is 8.30. The Bertz CT molecular complexity index is 644. The first kappa shape index (κ1) is 13.3. The highest BCUT2D eigenvalue weighted by atomic mass is 32.2. The molecule has 0 radical (unpaired) electrons. The number of hydrogen-bond donors (Lipinski definition) is 1. The molecule has 18 heavy (non-hydrogen) atoms. The molecule has 100 valence electrons. The molecule has 2 aromatic heterocycles. The maximum absolute atomic E-state index is 11.1. The first-order chi connectivity index (χ1) is 8.42. The molecule has 2 heterocycles. The number of fused-ring (bicyclic) bond motifs is 1. The third-order valence-corrected chi connectivity index (χ3v) is 4.33. The molecule has 0 amide bonds. The quantitative estimate of drug-likeness (QED) is 0.860.